The number of ketones is 2. The summed E-state index contributed by atoms with van der Waals surface area (Å²) in [5, 5.41) is 19.9. The SMILES string of the molecule is O=C(c1ccccc1)c1ccc(O)c(O)c1C(=O)c1ccccc1. The Morgan fingerprint density at radius 1 is 0.625 bits per heavy atom. The van der Waals surface area contributed by atoms with Crippen LogP contribution in [0.3, 0.4) is 0 Å². The van der Waals surface area contributed by atoms with Gasteiger partial charge in [-0.3, -0.25) is 9.59 Å². The smallest absolute Gasteiger partial charge is 0.197 e. The molecule has 0 aliphatic rings. The molecule has 0 bridgehead atoms. The van der Waals surface area contributed by atoms with Gasteiger partial charge < -0.3 is 10.2 Å². The Morgan fingerprint density at radius 3 is 1.67 bits per heavy atom. The van der Waals surface area contributed by atoms with E-state index in [1.54, 1.807) is 60.7 Å². The van der Waals surface area contributed by atoms with E-state index in [1.807, 2.05) is 0 Å². The highest BCUT2D eigenvalue weighted by molar-refractivity contribution is 6.21. The van der Waals surface area contributed by atoms with Crippen LogP contribution in [0, 0.1) is 0 Å². The molecule has 3 aromatic rings. The monoisotopic (exact) mass is 318 g/mol. The van der Waals surface area contributed by atoms with Crippen LogP contribution in [-0.2, 0) is 0 Å². The minimum Gasteiger partial charge on any atom is -0.504 e. The van der Waals surface area contributed by atoms with E-state index in [1.165, 1.54) is 12.1 Å². The van der Waals surface area contributed by atoms with Crippen molar-refractivity contribution in [1.29, 1.82) is 0 Å². The topological polar surface area (TPSA) is 74.6 Å². The Kier molecular flexibility index (Phi) is 4.12. The van der Waals surface area contributed by atoms with Crippen molar-refractivity contribution in [3.05, 3.63) is 95.1 Å². The first-order chi connectivity index (χ1) is 11.6. The maximum absolute atomic E-state index is 12.8. The van der Waals surface area contributed by atoms with Crippen molar-refractivity contribution < 1.29 is 19.8 Å². The van der Waals surface area contributed by atoms with Gasteiger partial charge in [-0.25, -0.2) is 0 Å². The Labute approximate surface area is 138 Å². The van der Waals surface area contributed by atoms with E-state index in [9.17, 15) is 19.8 Å². The summed E-state index contributed by atoms with van der Waals surface area (Å²) in [5.41, 5.74) is 0.561. The van der Waals surface area contributed by atoms with Gasteiger partial charge in [-0.1, -0.05) is 60.7 Å². The lowest BCUT2D eigenvalue weighted by atomic mass is 9.92. The lowest BCUT2D eigenvalue weighted by molar-refractivity contribution is 0.100. The minimum absolute atomic E-state index is 0.0466. The van der Waals surface area contributed by atoms with Crippen LogP contribution in [0.15, 0.2) is 72.8 Å². The number of carbonyl (C=O) groups excluding carboxylic acids is 2. The Morgan fingerprint density at radius 2 is 1.12 bits per heavy atom. The summed E-state index contributed by atoms with van der Waals surface area (Å²) in [6.45, 7) is 0. The lowest BCUT2D eigenvalue weighted by Crippen LogP contribution is -2.11. The van der Waals surface area contributed by atoms with Crippen LogP contribution in [0.1, 0.15) is 31.8 Å². The molecule has 24 heavy (non-hydrogen) atoms. The van der Waals surface area contributed by atoms with Crippen molar-refractivity contribution in [2.24, 2.45) is 0 Å². The molecule has 0 amide bonds. The van der Waals surface area contributed by atoms with Gasteiger partial charge in [0, 0.05) is 16.7 Å². The molecule has 0 saturated carbocycles. The molecule has 0 saturated heterocycles. The van der Waals surface area contributed by atoms with Crippen molar-refractivity contribution in [3.63, 3.8) is 0 Å². The van der Waals surface area contributed by atoms with Crippen molar-refractivity contribution in [3.8, 4) is 11.5 Å². The summed E-state index contributed by atoms with van der Waals surface area (Å²) in [6.07, 6.45) is 0. The molecule has 4 nitrogen and oxygen atoms in total. The van der Waals surface area contributed by atoms with E-state index in [2.05, 4.69) is 0 Å². The number of carbonyl (C=O) groups is 2. The second-order valence-corrected chi connectivity index (χ2v) is 5.25. The molecule has 0 fully saturated rings. The molecule has 2 N–H and O–H groups in total. The van der Waals surface area contributed by atoms with Crippen LogP contribution in [0.25, 0.3) is 0 Å². The molecule has 118 valence electrons. The van der Waals surface area contributed by atoms with Crippen LogP contribution in [-0.4, -0.2) is 21.8 Å². The molecule has 0 heterocycles. The highest BCUT2D eigenvalue weighted by atomic mass is 16.3. The fourth-order valence-electron chi connectivity index (χ4n) is 2.48. The first kappa shape index (κ1) is 15.5. The van der Waals surface area contributed by atoms with Gasteiger partial charge in [0.15, 0.2) is 23.1 Å². The number of benzene rings is 3. The second-order valence-electron chi connectivity index (χ2n) is 5.25. The van der Waals surface area contributed by atoms with Gasteiger partial charge in [-0.15, -0.1) is 0 Å². The van der Waals surface area contributed by atoms with E-state index in [0.29, 0.717) is 11.1 Å². The van der Waals surface area contributed by atoms with Gasteiger partial charge in [0.1, 0.15) is 0 Å². The summed E-state index contributed by atoms with van der Waals surface area (Å²) in [7, 11) is 0. The van der Waals surface area contributed by atoms with Crippen molar-refractivity contribution >= 4 is 11.6 Å². The van der Waals surface area contributed by atoms with E-state index in [0.717, 1.165) is 0 Å². The fourth-order valence-corrected chi connectivity index (χ4v) is 2.48. The highest BCUT2D eigenvalue weighted by Crippen LogP contribution is 2.34. The molecule has 4 heteroatoms. The van der Waals surface area contributed by atoms with Gasteiger partial charge in [0.05, 0.1) is 5.56 Å². The third-order valence-electron chi connectivity index (χ3n) is 3.70. The second kappa shape index (κ2) is 6.38. The number of hydrogen-bond donors (Lipinski definition) is 2. The number of hydrogen-bond acceptors (Lipinski definition) is 4. The maximum Gasteiger partial charge on any atom is 0.197 e. The van der Waals surface area contributed by atoms with E-state index in [-0.39, 0.29) is 11.1 Å². The van der Waals surface area contributed by atoms with Gasteiger partial charge in [0.25, 0.3) is 0 Å². The largest absolute Gasteiger partial charge is 0.504 e. The summed E-state index contributed by atoms with van der Waals surface area (Å²) in [5.74, 6) is -1.96. The molecule has 0 aromatic heterocycles. The molecule has 0 unspecified atom stereocenters. The molecule has 0 radical (unpaired) electrons. The van der Waals surface area contributed by atoms with Crippen LogP contribution in [0.4, 0.5) is 0 Å². The Balaban J connectivity index is 2.16. The third kappa shape index (κ3) is 2.77. The molecule has 3 rings (SSSR count). The molecule has 0 spiro atoms. The average Bonchev–Trinajstić information content (AvgIpc) is 2.64. The molecule has 0 atom stereocenters. The number of phenols is 2. The normalized spacial score (nSPS) is 10.3. The van der Waals surface area contributed by atoms with Gasteiger partial charge in [-0.05, 0) is 12.1 Å². The summed E-state index contributed by atoms with van der Waals surface area (Å²) < 4.78 is 0. The summed E-state index contributed by atoms with van der Waals surface area (Å²) in [6, 6.07) is 19.3. The molecular weight excluding hydrogens is 304 g/mol. The Hall–Kier alpha value is -3.40. The summed E-state index contributed by atoms with van der Waals surface area (Å²) in [4.78, 5) is 25.5. The lowest BCUT2D eigenvalue weighted by Gasteiger charge is -2.11. The van der Waals surface area contributed by atoms with Gasteiger partial charge in [0.2, 0.25) is 0 Å². The van der Waals surface area contributed by atoms with Crippen LogP contribution in [0.2, 0.25) is 0 Å². The molecule has 0 aliphatic carbocycles. The first-order valence-electron chi connectivity index (χ1n) is 7.34. The third-order valence-corrected chi connectivity index (χ3v) is 3.70. The molecule has 3 aromatic carbocycles. The quantitative estimate of drug-likeness (QED) is 0.570. The first-order valence-corrected chi connectivity index (χ1v) is 7.34. The zero-order chi connectivity index (χ0) is 17.1. The predicted octanol–water partition coefficient (Wildman–Crippen LogP) is 3.56. The number of aromatic hydroxyl groups is 2. The highest BCUT2D eigenvalue weighted by Gasteiger charge is 2.25. The maximum atomic E-state index is 12.8. The van der Waals surface area contributed by atoms with Gasteiger partial charge >= 0.3 is 0 Å². The van der Waals surface area contributed by atoms with Gasteiger partial charge in [-0.2, -0.15) is 0 Å². The minimum atomic E-state index is -0.592. The fraction of sp³-hybridized carbons (Fsp3) is 0. The van der Waals surface area contributed by atoms with E-state index in [4.69, 9.17) is 0 Å². The zero-order valence-electron chi connectivity index (χ0n) is 12.6. The number of phenolic OH excluding ortho intramolecular Hbond substituents is 2. The van der Waals surface area contributed by atoms with Crippen LogP contribution < -0.4 is 0 Å². The predicted molar refractivity (Wildman–Crippen MR) is 89.5 cm³/mol. The van der Waals surface area contributed by atoms with Crippen LogP contribution in [0.5, 0.6) is 11.5 Å². The standard InChI is InChI=1S/C20H14O4/c21-16-12-11-15(18(22)13-7-3-1-4-8-13)17(20(16)24)19(23)14-9-5-2-6-10-14/h1-12,21,24H. The Bertz CT molecular complexity index is 900. The zero-order valence-corrected chi connectivity index (χ0v) is 12.6. The average molecular weight is 318 g/mol. The van der Waals surface area contributed by atoms with Crippen molar-refractivity contribution in [1.82, 2.24) is 0 Å². The van der Waals surface area contributed by atoms with Crippen molar-refractivity contribution in [2.75, 3.05) is 0 Å². The van der Waals surface area contributed by atoms with E-state index < -0.39 is 23.1 Å². The number of rotatable bonds is 4. The molecule has 0 aliphatic heterocycles. The summed E-state index contributed by atoms with van der Waals surface area (Å²) >= 11 is 0. The van der Waals surface area contributed by atoms with E-state index >= 15 is 0 Å². The molecular formula is C20H14O4. The van der Waals surface area contributed by atoms with Crippen LogP contribution >= 0.6 is 0 Å². The van der Waals surface area contributed by atoms with Crippen molar-refractivity contribution in [2.45, 2.75) is 0 Å².